The number of pyridine rings is 1. The van der Waals surface area contributed by atoms with Crippen molar-refractivity contribution in [3.63, 3.8) is 0 Å². The Hall–Kier alpha value is -1.58. The largest absolute Gasteiger partial charge is 0.474 e. The molecule has 0 N–H and O–H groups in total. The zero-order valence-electron chi connectivity index (χ0n) is 8.48. The van der Waals surface area contributed by atoms with Crippen molar-refractivity contribution in [3.05, 3.63) is 23.9 Å². The van der Waals surface area contributed by atoms with Gasteiger partial charge in [0.05, 0.1) is 13.2 Å². The molecule has 0 atom stereocenters. The molecule has 0 fully saturated rings. The second kappa shape index (κ2) is 4.60. The van der Waals surface area contributed by atoms with E-state index in [1.165, 1.54) is 7.11 Å². The number of hydrogen-bond acceptors (Lipinski definition) is 4. The summed E-state index contributed by atoms with van der Waals surface area (Å²) in [5.41, 5.74) is 0.351. The van der Waals surface area contributed by atoms with Gasteiger partial charge in [0.1, 0.15) is 5.56 Å². The standard InChI is InChI=1S/C10H13NO3/c1-7(2)14-9-8(10(12)13-3)5-4-6-11-9/h4-7H,1-3H3. The van der Waals surface area contributed by atoms with Gasteiger partial charge in [-0.3, -0.25) is 0 Å². The highest BCUT2D eigenvalue weighted by Gasteiger charge is 2.14. The van der Waals surface area contributed by atoms with Gasteiger partial charge >= 0.3 is 5.97 Å². The number of rotatable bonds is 3. The maximum Gasteiger partial charge on any atom is 0.343 e. The van der Waals surface area contributed by atoms with Crippen molar-refractivity contribution in [2.75, 3.05) is 7.11 Å². The Morgan fingerprint density at radius 1 is 1.50 bits per heavy atom. The molecular formula is C10H13NO3. The van der Waals surface area contributed by atoms with E-state index in [0.717, 1.165) is 0 Å². The van der Waals surface area contributed by atoms with E-state index >= 15 is 0 Å². The monoisotopic (exact) mass is 195 g/mol. The summed E-state index contributed by atoms with van der Waals surface area (Å²) < 4.78 is 9.96. The summed E-state index contributed by atoms with van der Waals surface area (Å²) in [5.74, 6) is -0.122. The SMILES string of the molecule is COC(=O)c1cccnc1OC(C)C. The fraction of sp³-hybridized carbons (Fsp3) is 0.400. The number of esters is 1. The average Bonchev–Trinajstić information content (AvgIpc) is 2.16. The third-order valence-corrected chi connectivity index (χ3v) is 1.52. The van der Waals surface area contributed by atoms with Crippen molar-refractivity contribution >= 4 is 5.97 Å². The van der Waals surface area contributed by atoms with Gasteiger partial charge in [0.15, 0.2) is 0 Å². The van der Waals surface area contributed by atoms with Crippen LogP contribution < -0.4 is 4.74 Å². The minimum Gasteiger partial charge on any atom is -0.474 e. The lowest BCUT2D eigenvalue weighted by atomic mass is 10.3. The maximum absolute atomic E-state index is 11.3. The van der Waals surface area contributed by atoms with Crippen LogP contribution in [0.5, 0.6) is 5.88 Å². The molecule has 0 unspecified atom stereocenters. The molecule has 76 valence electrons. The number of aromatic nitrogens is 1. The molecule has 1 heterocycles. The van der Waals surface area contributed by atoms with E-state index < -0.39 is 5.97 Å². The highest BCUT2D eigenvalue weighted by atomic mass is 16.5. The predicted molar refractivity (Wildman–Crippen MR) is 51.3 cm³/mol. The Labute approximate surface area is 82.9 Å². The summed E-state index contributed by atoms with van der Waals surface area (Å²) in [6, 6.07) is 3.29. The average molecular weight is 195 g/mol. The summed E-state index contributed by atoms with van der Waals surface area (Å²) >= 11 is 0. The third-order valence-electron chi connectivity index (χ3n) is 1.52. The number of carbonyl (C=O) groups excluding carboxylic acids is 1. The molecule has 4 heteroatoms. The van der Waals surface area contributed by atoms with Crippen LogP contribution >= 0.6 is 0 Å². The van der Waals surface area contributed by atoms with Crippen LogP contribution in [0.4, 0.5) is 0 Å². The minimum absolute atomic E-state index is 0.0201. The smallest absolute Gasteiger partial charge is 0.343 e. The number of nitrogens with zero attached hydrogens (tertiary/aromatic N) is 1. The maximum atomic E-state index is 11.3. The van der Waals surface area contributed by atoms with Crippen molar-refractivity contribution in [1.29, 1.82) is 0 Å². The van der Waals surface area contributed by atoms with Crippen LogP contribution in [0.2, 0.25) is 0 Å². The summed E-state index contributed by atoms with van der Waals surface area (Å²) in [6.45, 7) is 3.74. The van der Waals surface area contributed by atoms with Gasteiger partial charge in [0.2, 0.25) is 5.88 Å². The van der Waals surface area contributed by atoms with Gasteiger partial charge in [-0.05, 0) is 26.0 Å². The Kier molecular flexibility index (Phi) is 3.45. The van der Waals surface area contributed by atoms with E-state index in [2.05, 4.69) is 9.72 Å². The second-order valence-electron chi connectivity index (χ2n) is 3.01. The first-order chi connectivity index (χ1) is 6.65. The van der Waals surface area contributed by atoms with E-state index in [4.69, 9.17) is 4.74 Å². The van der Waals surface area contributed by atoms with Crippen LogP contribution in [0.25, 0.3) is 0 Å². The molecule has 1 aromatic rings. The van der Waals surface area contributed by atoms with Gasteiger partial charge in [-0.25, -0.2) is 9.78 Å². The topological polar surface area (TPSA) is 48.4 Å². The molecule has 0 bridgehead atoms. The first kappa shape index (κ1) is 10.5. The molecule has 0 amide bonds. The van der Waals surface area contributed by atoms with Gasteiger partial charge in [-0.1, -0.05) is 0 Å². The highest BCUT2D eigenvalue weighted by molar-refractivity contribution is 5.91. The molecule has 0 aliphatic carbocycles. The first-order valence-electron chi connectivity index (χ1n) is 4.35. The van der Waals surface area contributed by atoms with Crippen LogP contribution in [-0.2, 0) is 4.74 Å². The van der Waals surface area contributed by atoms with Crippen LogP contribution in [-0.4, -0.2) is 24.2 Å². The van der Waals surface area contributed by atoms with Crippen LogP contribution in [0.1, 0.15) is 24.2 Å². The fourth-order valence-electron chi connectivity index (χ4n) is 0.973. The summed E-state index contributed by atoms with van der Waals surface area (Å²) in [6.07, 6.45) is 1.55. The molecule has 0 radical (unpaired) electrons. The molecule has 4 nitrogen and oxygen atoms in total. The molecule has 0 aliphatic rings. The van der Waals surface area contributed by atoms with Gasteiger partial charge in [0, 0.05) is 6.20 Å². The predicted octanol–water partition coefficient (Wildman–Crippen LogP) is 1.66. The van der Waals surface area contributed by atoms with Crippen LogP contribution in [0.15, 0.2) is 18.3 Å². The molecule has 0 aliphatic heterocycles. The normalized spacial score (nSPS) is 10.0. The Morgan fingerprint density at radius 3 is 2.79 bits per heavy atom. The van der Waals surface area contributed by atoms with Gasteiger partial charge in [0.25, 0.3) is 0 Å². The zero-order chi connectivity index (χ0) is 10.6. The quantitative estimate of drug-likeness (QED) is 0.688. The van der Waals surface area contributed by atoms with Gasteiger partial charge < -0.3 is 9.47 Å². The summed E-state index contributed by atoms with van der Waals surface area (Å²) in [5, 5.41) is 0. The van der Waals surface area contributed by atoms with Gasteiger partial charge in [-0.15, -0.1) is 0 Å². The van der Waals surface area contributed by atoms with Gasteiger partial charge in [-0.2, -0.15) is 0 Å². The lowest BCUT2D eigenvalue weighted by Crippen LogP contribution is -2.12. The van der Waals surface area contributed by atoms with E-state index in [1.807, 2.05) is 13.8 Å². The lowest BCUT2D eigenvalue weighted by Gasteiger charge is -2.10. The number of carbonyl (C=O) groups is 1. The highest BCUT2D eigenvalue weighted by Crippen LogP contribution is 2.16. The minimum atomic E-state index is -0.436. The van der Waals surface area contributed by atoms with E-state index in [1.54, 1.807) is 18.3 Å². The Morgan fingerprint density at radius 2 is 2.21 bits per heavy atom. The zero-order valence-corrected chi connectivity index (χ0v) is 8.48. The molecule has 0 saturated carbocycles. The molecule has 0 saturated heterocycles. The van der Waals surface area contributed by atoms with E-state index in [9.17, 15) is 4.79 Å². The fourth-order valence-corrected chi connectivity index (χ4v) is 0.973. The lowest BCUT2D eigenvalue weighted by molar-refractivity contribution is 0.0593. The number of ether oxygens (including phenoxy) is 2. The molecule has 1 rings (SSSR count). The van der Waals surface area contributed by atoms with Crippen molar-refractivity contribution in [3.8, 4) is 5.88 Å². The summed E-state index contributed by atoms with van der Waals surface area (Å²) in [4.78, 5) is 15.2. The molecule has 0 spiro atoms. The third kappa shape index (κ3) is 2.45. The van der Waals surface area contributed by atoms with E-state index in [0.29, 0.717) is 11.4 Å². The summed E-state index contributed by atoms with van der Waals surface area (Å²) in [7, 11) is 1.33. The number of hydrogen-bond donors (Lipinski definition) is 0. The van der Waals surface area contributed by atoms with Crippen molar-refractivity contribution < 1.29 is 14.3 Å². The Balaban J connectivity index is 2.97. The second-order valence-corrected chi connectivity index (χ2v) is 3.01. The molecular weight excluding hydrogens is 182 g/mol. The van der Waals surface area contributed by atoms with Crippen LogP contribution in [0, 0.1) is 0 Å². The van der Waals surface area contributed by atoms with Crippen LogP contribution in [0.3, 0.4) is 0 Å². The van der Waals surface area contributed by atoms with Crippen molar-refractivity contribution in [1.82, 2.24) is 4.98 Å². The molecule has 14 heavy (non-hydrogen) atoms. The molecule has 0 aromatic carbocycles. The first-order valence-corrected chi connectivity index (χ1v) is 4.35. The molecule has 1 aromatic heterocycles. The van der Waals surface area contributed by atoms with Crippen molar-refractivity contribution in [2.45, 2.75) is 20.0 Å². The van der Waals surface area contributed by atoms with E-state index in [-0.39, 0.29) is 6.10 Å². The Bertz CT molecular complexity index is 323. The number of methoxy groups -OCH3 is 1. The van der Waals surface area contributed by atoms with Crippen molar-refractivity contribution in [2.24, 2.45) is 0 Å².